The number of amides is 1. The van der Waals surface area contributed by atoms with Gasteiger partial charge in [0.15, 0.2) is 0 Å². The lowest BCUT2D eigenvalue weighted by atomic mass is 9.95. The number of aliphatic hydroxyl groups is 1. The van der Waals surface area contributed by atoms with Crippen molar-refractivity contribution in [2.24, 2.45) is 0 Å². The highest BCUT2D eigenvalue weighted by molar-refractivity contribution is 5.95. The van der Waals surface area contributed by atoms with E-state index in [-0.39, 0.29) is 5.91 Å². The fraction of sp³-hybridized carbons (Fsp3) is 0.278. The summed E-state index contributed by atoms with van der Waals surface area (Å²) in [5, 5.41) is 10.5. The molecule has 0 bridgehead atoms. The van der Waals surface area contributed by atoms with E-state index in [2.05, 4.69) is 0 Å². The van der Waals surface area contributed by atoms with E-state index in [0.717, 1.165) is 16.7 Å². The number of hydrogen-bond donors (Lipinski definition) is 1. The largest absolute Gasteiger partial charge is 0.388 e. The molecule has 0 aliphatic heterocycles. The van der Waals surface area contributed by atoms with Gasteiger partial charge in [-0.15, -0.1) is 0 Å². The van der Waals surface area contributed by atoms with Crippen molar-refractivity contribution in [3.8, 4) is 0 Å². The molecule has 2 rings (SSSR count). The van der Waals surface area contributed by atoms with Gasteiger partial charge < -0.3 is 10.0 Å². The highest BCUT2D eigenvalue weighted by atomic mass is 16.3. The zero-order valence-corrected chi connectivity index (χ0v) is 12.7. The lowest BCUT2D eigenvalue weighted by Crippen LogP contribution is -2.23. The number of aliphatic hydroxyl groups excluding tert-OH is 1. The first kappa shape index (κ1) is 15.3. The van der Waals surface area contributed by atoms with E-state index >= 15 is 0 Å². The van der Waals surface area contributed by atoms with Crippen LogP contribution in [-0.2, 0) is 6.42 Å². The van der Waals surface area contributed by atoms with Gasteiger partial charge in [0.25, 0.3) is 5.91 Å². The van der Waals surface area contributed by atoms with Crippen LogP contribution in [0.15, 0.2) is 48.5 Å². The normalized spacial score (nSPS) is 12.0. The molecule has 0 aromatic heterocycles. The van der Waals surface area contributed by atoms with Gasteiger partial charge in [-0.3, -0.25) is 4.79 Å². The van der Waals surface area contributed by atoms with Gasteiger partial charge in [0.05, 0.1) is 6.10 Å². The number of carbonyl (C=O) groups excluding carboxylic acids is 1. The maximum atomic E-state index is 12.2. The molecule has 3 nitrogen and oxygen atoms in total. The zero-order valence-electron chi connectivity index (χ0n) is 12.7. The molecule has 0 aliphatic carbocycles. The topological polar surface area (TPSA) is 40.5 Å². The molecule has 110 valence electrons. The van der Waals surface area contributed by atoms with Crippen LogP contribution in [0.2, 0.25) is 0 Å². The predicted molar refractivity (Wildman–Crippen MR) is 84.3 cm³/mol. The summed E-state index contributed by atoms with van der Waals surface area (Å²) < 4.78 is 0. The summed E-state index contributed by atoms with van der Waals surface area (Å²) in [7, 11) is 3.47. The van der Waals surface area contributed by atoms with Crippen molar-refractivity contribution in [1.29, 1.82) is 0 Å². The molecule has 0 saturated carbocycles. The molecule has 0 radical (unpaired) electrons. The second-order valence-electron chi connectivity index (χ2n) is 5.43. The lowest BCUT2D eigenvalue weighted by Gasteiger charge is -2.17. The van der Waals surface area contributed by atoms with E-state index in [1.807, 2.05) is 55.5 Å². The highest BCUT2D eigenvalue weighted by Gasteiger charge is 2.17. The fourth-order valence-electron chi connectivity index (χ4n) is 2.43. The molecule has 0 heterocycles. The molecular formula is C18H21NO2. The minimum atomic E-state index is -0.609. The Labute approximate surface area is 125 Å². The van der Waals surface area contributed by atoms with Crippen LogP contribution in [-0.4, -0.2) is 30.0 Å². The standard InChI is InChI=1S/C18H21NO2/c1-13-8-4-6-10-15(13)17(20)12-14-9-5-7-11-16(14)18(21)19(2)3/h4-11,17,20H,12H2,1-3H3. The Hall–Kier alpha value is -2.13. The lowest BCUT2D eigenvalue weighted by molar-refractivity contribution is 0.0825. The van der Waals surface area contributed by atoms with Crippen LogP contribution in [0, 0.1) is 6.92 Å². The molecule has 3 heteroatoms. The monoisotopic (exact) mass is 283 g/mol. The van der Waals surface area contributed by atoms with Crippen LogP contribution in [0.4, 0.5) is 0 Å². The Kier molecular flexibility index (Phi) is 4.76. The van der Waals surface area contributed by atoms with Crippen LogP contribution in [0.3, 0.4) is 0 Å². The van der Waals surface area contributed by atoms with E-state index in [1.165, 1.54) is 0 Å². The Morgan fingerprint density at radius 2 is 1.71 bits per heavy atom. The number of nitrogens with zero attached hydrogens (tertiary/aromatic N) is 1. The van der Waals surface area contributed by atoms with Gasteiger partial charge in [-0.05, 0) is 29.7 Å². The summed E-state index contributed by atoms with van der Waals surface area (Å²) in [5.74, 6) is -0.0393. The number of aryl methyl sites for hydroxylation is 1. The van der Waals surface area contributed by atoms with E-state index in [0.29, 0.717) is 12.0 Å². The Bertz CT molecular complexity index is 635. The van der Waals surface area contributed by atoms with Crippen LogP contribution >= 0.6 is 0 Å². The predicted octanol–water partition coefficient (Wildman–Crippen LogP) is 2.97. The minimum absolute atomic E-state index is 0.0393. The second-order valence-corrected chi connectivity index (χ2v) is 5.43. The summed E-state index contributed by atoms with van der Waals surface area (Å²) in [6, 6.07) is 15.2. The molecule has 1 N–H and O–H groups in total. The molecule has 2 aromatic rings. The molecule has 1 atom stereocenters. The average molecular weight is 283 g/mol. The smallest absolute Gasteiger partial charge is 0.253 e. The number of hydrogen-bond acceptors (Lipinski definition) is 2. The van der Waals surface area contributed by atoms with Crippen molar-refractivity contribution in [2.45, 2.75) is 19.4 Å². The van der Waals surface area contributed by atoms with E-state index in [9.17, 15) is 9.90 Å². The average Bonchev–Trinajstić information content (AvgIpc) is 2.47. The maximum absolute atomic E-state index is 12.2. The van der Waals surface area contributed by atoms with E-state index < -0.39 is 6.10 Å². The van der Waals surface area contributed by atoms with Crippen molar-refractivity contribution < 1.29 is 9.90 Å². The van der Waals surface area contributed by atoms with Crippen molar-refractivity contribution in [3.05, 3.63) is 70.8 Å². The van der Waals surface area contributed by atoms with Crippen molar-refractivity contribution in [2.75, 3.05) is 14.1 Å². The molecule has 0 spiro atoms. The zero-order chi connectivity index (χ0) is 15.4. The Morgan fingerprint density at radius 1 is 1.10 bits per heavy atom. The molecular weight excluding hydrogens is 262 g/mol. The van der Waals surface area contributed by atoms with E-state index in [4.69, 9.17) is 0 Å². The van der Waals surface area contributed by atoms with Crippen LogP contribution in [0.25, 0.3) is 0 Å². The molecule has 0 saturated heterocycles. The molecule has 21 heavy (non-hydrogen) atoms. The van der Waals surface area contributed by atoms with Gasteiger partial charge in [0, 0.05) is 26.1 Å². The number of carbonyl (C=O) groups is 1. The summed E-state index contributed by atoms with van der Waals surface area (Å²) in [6.07, 6.45) is -0.178. The van der Waals surface area contributed by atoms with Crippen molar-refractivity contribution in [1.82, 2.24) is 4.90 Å². The van der Waals surface area contributed by atoms with Gasteiger partial charge in [0.1, 0.15) is 0 Å². The molecule has 2 aromatic carbocycles. The Balaban J connectivity index is 2.28. The van der Waals surface area contributed by atoms with Gasteiger partial charge in [-0.2, -0.15) is 0 Å². The van der Waals surface area contributed by atoms with Crippen LogP contribution in [0.1, 0.15) is 33.2 Å². The van der Waals surface area contributed by atoms with Gasteiger partial charge in [-0.1, -0.05) is 42.5 Å². The maximum Gasteiger partial charge on any atom is 0.253 e. The summed E-state index contributed by atoms with van der Waals surface area (Å²) >= 11 is 0. The molecule has 1 amide bonds. The van der Waals surface area contributed by atoms with Gasteiger partial charge in [0.2, 0.25) is 0 Å². The third-order valence-electron chi connectivity index (χ3n) is 3.61. The summed E-state index contributed by atoms with van der Waals surface area (Å²) in [6.45, 7) is 1.98. The number of benzene rings is 2. The summed E-state index contributed by atoms with van der Waals surface area (Å²) in [5.41, 5.74) is 3.48. The third kappa shape index (κ3) is 3.50. The SMILES string of the molecule is Cc1ccccc1C(O)Cc1ccccc1C(=O)N(C)C. The first-order valence-electron chi connectivity index (χ1n) is 7.04. The van der Waals surface area contributed by atoms with Crippen LogP contribution < -0.4 is 0 Å². The van der Waals surface area contributed by atoms with E-state index in [1.54, 1.807) is 19.0 Å². The van der Waals surface area contributed by atoms with Gasteiger partial charge >= 0.3 is 0 Å². The Morgan fingerprint density at radius 3 is 2.38 bits per heavy atom. The highest BCUT2D eigenvalue weighted by Crippen LogP contribution is 2.23. The van der Waals surface area contributed by atoms with Crippen molar-refractivity contribution >= 4 is 5.91 Å². The summed E-state index contributed by atoms with van der Waals surface area (Å²) in [4.78, 5) is 13.7. The molecule has 0 fully saturated rings. The first-order valence-corrected chi connectivity index (χ1v) is 7.04. The van der Waals surface area contributed by atoms with Gasteiger partial charge in [-0.25, -0.2) is 0 Å². The van der Waals surface area contributed by atoms with Crippen molar-refractivity contribution in [3.63, 3.8) is 0 Å². The quantitative estimate of drug-likeness (QED) is 0.937. The molecule has 0 aliphatic rings. The first-order chi connectivity index (χ1) is 10.0. The second kappa shape index (κ2) is 6.55. The van der Waals surface area contributed by atoms with Crippen LogP contribution in [0.5, 0.6) is 0 Å². The minimum Gasteiger partial charge on any atom is -0.388 e. The fourth-order valence-corrected chi connectivity index (χ4v) is 2.43. The third-order valence-corrected chi connectivity index (χ3v) is 3.61. The molecule has 1 unspecified atom stereocenters. The number of rotatable bonds is 4.